The number of fused-ring (bicyclic) bond motifs is 1. The number of aliphatic imine (C=N–C) groups is 1. The molecule has 0 bridgehead atoms. The fraction of sp³-hybridized carbons (Fsp3) is 0.350. The van der Waals surface area contributed by atoms with E-state index in [0.717, 1.165) is 42.4 Å². The Balaban J connectivity index is 0.00000210. The summed E-state index contributed by atoms with van der Waals surface area (Å²) in [4.78, 5) is 4.28. The predicted molar refractivity (Wildman–Crippen MR) is 113 cm³/mol. The van der Waals surface area contributed by atoms with E-state index in [0.29, 0.717) is 13.3 Å². The molecule has 4 rings (SSSR count). The highest BCUT2D eigenvalue weighted by atomic mass is 127. The molecule has 0 amide bonds. The fourth-order valence-corrected chi connectivity index (χ4v) is 3.21. The topological polar surface area (TPSA) is 54.9 Å². The minimum absolute atomic E-state index is 0. The third-order valence-electron chi connectivity index (χ3n) is 5.03. The van der Waals surface area contributed by atoms with Crippen LogP contribution in [0.25, 0.3) is 0 Å². The van der Waals surface area contributed by atoms with Crippen LogP contribution in [0.4, 0.5) is 4.39 Å². The van der Waals surface area contributed by atoms with Crippen molar-refractivity contribution in [3.8, 4) is 11.5 Å². The van der Waals surface area contributed by atoms with Crippen LogP contribution < -0.4 is 20.1 Å². The Labute approximate surface area is 175 Å². The Morgan fingerprint density at radius 1 is 1.07 bits per heavy atom. The van der Waals surface area contributed by atoms with E-state index in [4.69, 9.17) is 9.47 Å². The summed E-state index contributed by atoms with van der Waals surface area (Å²) < 4.78 is 23.9. The summed E-state index contributed by atoms with van der Waals surface area (Å²) in [7, 11) is 1.75. The Hall–Kier alpha value is -2.03. The van der Waals surface area contributed by atoms with E-state index >= 15 is 0 Å². The third kappa shape index (κ3) is 4.45. The molecule has 0 spiro atoms. The van der Waals surface area contributed by atoms with E-state index in [1.54, 1.807) is 19.2 Å². The molecular formula is C20H23FIN3O2. The smallest absolute Gasteiger partial charge is 0.231 e. The maximum absolute atomic E-state index is 13.0. The number of nitrogens with one attached hydrogen (secondary N) is 2. The van der Waals surface area contributed by atoms with Crippen LogP contribution in [-0.4, -0.2) is 26.3 Å². The zero-order valence-electron chi connectivity index (χ0n) is 15.1. The molecule has 144 valence electrons. The van der Waals surface area contributed by atoms with E-state index in [-0.39, 0.29) is 35.2 Å². The van der Waals surface area contributed by atoms with Crippen molar-refractivity contribution >= 4 is 29.9 Å². The zero-order chi connectivity index (χ0) is 18.0. The molecule has 7 heteroatoms. The summed E-state index contributed by atoms with van der Waals surface area (Å²) in [5.74, 6) is 2.15. The number of guanidine groups is 1. The fourth-order valence-electron chi connectivity index (χ4n) is 3.21. The summed E-state index contributed by atoms with van der Waals surface area (Å²) in [5.41, 5.74) is 2.39. The molecule has 2 aliphatic rings. The monoisotopic (exact) mass is 483 g/mol. The Morgan fingerprint density at radius 2 is 1.81 bits per heavy atom. The van der Waals surface area contributed by atoms with Crippen LogP contribution in [-0.2, 0) is 12.0 Å². The van der Waals surface area contributed by atoms with Gasteiger partial charge in [-0.05, 0) is 48.2 Å². The number of halogens is 2. The molecular weight excluding hydrogens is 460 g/mol. The van der Waals surface area contributed by atoms with E-state index in [2.05, 4.69) is 27.8 Å². The molecule has 0 aromatic heterocycles. The SMILES string of the molecule is CN=C(NCc1ccc(F)cc1)NCC1(c2ccc3c(c2)OCO3)CC1.I. The number of benzene rings is 2. The van der Waals surface area contributed by atoms with Crippen molar-refractivity contribution in [2.75, 3.05) is 20.4 Å². The standard InChI is InChI=1S/C20H22FN3O2.HI/c1-22-19(23-11-14-2-5-16(21)6-3-14)24-12-20(8-9-20)15-4-7-17-18(10-15)26-13-25-17;/h2-7,10H,8-9,11-13H2,1H3,(H2,22,23,24);1H. The van der Waals surface area contributed by atoms with Gasteiger partial charge in [0.05, 0.1) is 0 Å². The second-order valence-corrected chi connectivity index (χ2v) is 6.75. The largest absolute Gasteiger partial charge is 0.454 e. The zero-order valence-corrected chi connectivity index (χ0v) is 17.5. The molecule has 1 saturated carbocycles. The van der Waals surface area contributed by atoms with Gasteiger partial charge in [0.25, 0.3) is 0 Å². The molecule has 0 saturated heterocycles. The summed E-state index contributed by atoms with van der Waals surface area (Å²) in [6.45, 7) is 1.69. The van der Waals surface area contributed by atoms with Crippen LogP contribution >= 0.6 is 24.0 Å². The molecule has 0 radical (unpaired) electrons. The van der Waals surface area contributed by atoms with E-state index < -0.39 is 0 Å². The average molecular weight is 483 g/mol. The van der Waals surface area contributed by atoms with Gasteiger partial charge in [-0.25, -0.2) is 4.39 Å². The van der Waals surface area contributed by atoms with Crippen molar-refractivity contribution in [1.29, 1.82) is 0 Å². The summed E-state index contributed by atoms with van der Waals surface area (Å²) in [6, 6.07) is 12.7. The van der Waals surface area contributed by atoms with E-state index in [1.807, 2.05) is 6.07 Å². The highest BCUT2D eigenvalue weighted by Crippen LogP contribution is 2.49. The molecule has 2 aromatic rings. The van der Waals surface area contributed by atoms with Gasteiger partial charge < -0.3 is 20.1 Å². The lowest BCUT2D eigenvalue weighted by Gasteiger charge is -2.19. The van der Waals surface area contributed by atoms with Crippen LogP contribution in [0, 0.1) is 5.82 Å². The molecule has 2 N–H and O–H groups in total. The summed E-state index contributed by atoms with van der Waals surface area (Å²) in [5, 5.41) is 6.68. The summed E-state index contributed by atoms with van der Waals surface area (Å²) in [6.07, 6.45) is 2.27. The van der Waals surface area contributed by atoms with Gasteiger partial charge in [-0.1, -0.05) is 18.2 Å². The van der Waals surface area contributed by atoms with Crippen LogP contribution in [0.1, 0.15) is 24.0 Å². The van der Waals surface area contributed by atoms with Crippen molar-refractivity contribution < 1.29 is 13.9 Å². The van der Waals surface area contributed by atoms with Gasteiger partial charge in [0.2, 0.25) is 6.79 Å². The number of hydrogen-bond acceptors (Lipinski definition) is 3. The minimum Gasteiger partial charge on any atom is -0.454 e. The normalized spacial score (nSPS) is 16.4. The molecule has 27 heavy (non-hydrogen) atoms. The molecule has 0 atom stereocenters. The van der Waals surface area contributed by atoms with Crippen molar-refractivity contribution in [1.82, 2.24) is 10.6 Å². The van der Waals surface area contributed by atoms with Gasteiger partial charge in [0, 0.05) is 25.6 Å². The molecule has 1 heterocycles. The first-order valence-corrected chi connectivity index (χ1v) is 8.78. The van der Waals surface area contributed by atoms with E-state index in [9.17, 15) is 4.39 Å². The van der Waals surface area contributed by atoms with Gasteiger partial charge in [-0.3, -0.25) is 4.99 Å². The first-order valence-electron chi connectivity index (χ1n) is 8.78. The van der Waals surface area contributed by atoms with Crippen LogP contribution in [0.15, 0.2) is 47.5 Å². The van der Waals surface area contributed by atoms with Crippen molar-refractivity contribution in [2.45, 2.75) is 24.8 Å². The van der Waals surface area contributed by atoms with Gasteiger partial charge in [0.15, 0.2) is 17.5 Å². The quantitative estimate of drug-likeness (QED) is 0.388. The number of nitrogens with zero attached hydrogens (tertiary/aromatic N) is 1. The Morgan fingerprint density at radius 3 is 2.52 bits per heavy atom. The molecule has 1 fully saturated rings. The van der Waals surface area contributed by atoms with Gasteiger partial charge in [-0.15, -0.1) is 24.0 Å². The average Bonchev–Trinajstić information content (AvgIpc) is 3.31. The van der Waals surface area contributed by atoms with Crippen molar-refractivity contribution in [3.63, 3.8) is 0 Å². The Bertz CT molecular complexity index is 822. The van der Waals surface area contributed by atoms with Crippen molar-refractivity contribution in [2.24, 2.45) is 4.99 Å². The first kappa shape index (κ1) is 19.7. The highest BCUT2D eigenvalue weighted by Gasteiger charge is 2.44. The predicted octanol–water partition coefficient (Wildman–Crippen LogP) is 3.57. The third-order valence-corrected chi connectivity index (χ3v) is 5.03. The van der Waals surface area contributed by atoms with Crippen LogP contribution in [0.5, 0.6) is 11.5 Å². The van der Waals surface area contributed by atoms with Gasteiger partial charge in [-0.2, -0.15) is 0 Å². The second kappa shape index (κ2) is 8.33. The molecule has 5 nitrogen and oxygen atoms in total. The lowest BCUT2D eigenvalue weighted by atomic mass is 9.95. The molecule has 2 aromatic carbocycles. The lowest BCUT2D eigenvalue weighted by molar-refractivity contribution is 0.174. The first-order chi connectivity index (χ1) is 12.7. The number of rotatable bonds is 5. The molecule has 0 unspecified atom stereocenters. The number of hydrogen-bond donors (Lipinski definition) is 2. The maximum atomic E-state index is 13.0. The Kier molecular flexibility index (Phi) is 6.08. The maximum Gasteiger partial charge on any atom is 0.231 e. The van der Waals surface area contributed by atoms with Crippen LogP contribution in [0.3, 0.4) is 0 Å². The second-order valence-electron chi connectivity index (χ2n) is 6.75. The summed E-state index contributed by atoms with van der Waals surface area (Å²) >= 11 is 0. The van der Waals surface area contributed by atoms with Crippen LogP contribution in [0.2, 0.25) is 0 Å². The van der Waals surface area contributed by atoms with Gasteiger partial charge >= 0.3 is 0 Å². The number of ether oxygens (including phenoxy) is 2. The lowest BCUT2D eigenvalue weighted by Crippen LogP contribution is -2.40. The van der Waals surface area contributed by atoms with Crippen molar-refractivity contribution in [3.05, 3.63) is 59.4 Å². The van der Waals surface area contributed by atoms with Gasteiger partial charge in [0.1, 0.15) is 5.82 Å². The molecule has 1 aliphatic heterocycles. The molecule has 1 aliphatic carbocycles. The minimum atomic E-state index is -0.226. The van der Waals surface area contributed by atoms with E-state index in [1.165, 1.54) is 17.7 Å². The highest BCUT2D eigenvalue weighted by molar-refractivity contribution is 14.0.